The second-order valence-corrected chi connectivity index (χ2v) is 11.6. The molecule has 39 heavy (non-hydrogen) atoms. The van der Waals surface area contributed by atoms with Crippen LogP contribution in [-0.2, 0) is 14.8 Å². The first-order valence-corrected chi connectivity index (χ1v) is 14.2. The number of halogens is 1. The number of carbonyl (C=O) groups excluding carboxylic acids is 1. The molecule has 0 fully saturated rings. The molecule has 1 amide bonds. The summed E-state index contributed by atoms with van der Waals surface area (Å²) in [5.41, 5.74) is 6.90. The normalized spacial score (nSPS) is 11.7. The van der Waals surface area contributed by atoms with Crippen LogP contribution in [0.5, 0.6) is 0 Å². The lowest BCUT2D eigenvalue weighted by Crippen LogP contribution is -2.39. The fraction of sp³-hybridized carbons (Fsp3) is 0.207. The minimum Gasteiger partial charge on any atom is -0.271 e. The van der Waals surface area contributed by atoms with Crippen LogP contribution in [0.15, 0.2) is 88.9 Å². The van der Waals surface area contributed by atoms with Gasteiger partial charge in [0.25, 0.3) is 15.9 Å². The average Bonchev–Trinajstić information content (AvgIpc) is 3.21. The first kappa shape index (κ1) is 28.1. The van der Waals surface area contributed by atoms with E-state index >= 15 is 0 Å². The molecule has 8 nitrogen and oxygen atoms in total. The van der Waals surface area contributed by atoms with Gasteiger partial charge in [0.05, 0.1) is 33.7 Å². The zero-order valence-electron chi connectivity index (χ0n) is 22.2. The highest BCUT2D eigenvalue weighted by atomic mass is 35.5. The van der Waals surface area contributed by atoms with Crippen molar-refractivity contribution < 1.29 is 13.2 Å². The average molecular weight is 564 g/mol. The molecule has 0 bridgehead atoms. The van der Waals surface area contributed by atoms with Crippen molar-refractivity contribution in [2.75, 3.05) is 10.8 Å². The van der Waals surface area contributed by atoms with Crippen LogP contribution in [0, 0.1) is 13.8 Å². The first-order chi connectivity index (χ1) is 18.6. The van der Waals surface area contributed by atoms with E-state index in [0.29, 0.717) is 11.3 Å². The van der Waals surface area contributed by atoms with E-state index in [9.17, 15) is 13.2 Å². The molecule has 4 aromatic rings. The molecular weight excluding hydrogens is 534 g/mol. The molecule has 0 unspecified atom stereocenters. The Morgan fingerprint density at radius 2 is 1.67 bits per heavy atom. The molecule has 0 spiro atoms. The minimum atomic E-state index is -4.03. The van der Waals surface area contributed by atoms with Gasteiger partial charge >= 0.3 is 0 Å². The van der Waals surface area contributed by atoms with Crippen LogP contribution in [0.25, 0.3) is 5.69 Å². The monoisotopic (exact) mass is 563 g/mol. The number of para-hydroxylation sites is 1. The SMILES string of the molecule is Cc1ccc(S(=O)(=O)N(CC(=O)N/N=C\c2c(Cl)nn(-c3ccccc3)c2C)c2ccc(C(C)C)cc2)cc1. The van der Waals surface area contributed by atoms with E-state index < -0.39 is 22.5 Å². The van der Waals surface area contributed by atoms with Gasteiger partial charge in [-0.05, 0) is 61.7 Å². The summed E-state index contributed by atoms with van der Waals surface area (Å²) in [6.45, 7) is 7.36. The fourth-order valence-corrected chi connectivity index (χ4v) is 5.64. The van der Waals surface area contributed by atoms with Crippen molar-refractivity contribution in [2.45, 2.75) is 38.5 Å². The van der Waals surface area contributed by atoms with Crippen molar-refractivity contribution in [2.24, 2.45) is 5.10 Å². The van der Waals surface area contributed by atoms with Gasteiger partial charge in [0.1, 0.15) is 6.54 Å². The molecule has 1 N–H and O–H groups in total. The molecule has 0 saturated carbocycles. The lowest BCUT2D eigenvalue weighted by Gasteiger charge is -2.24. The van der Waals surface area contributed by atoms with Crippen LogP contribution < -0.4 is 9.73 Å². The van der Waals surface area contributed by atoms with Crippen molar-refractivity contribution in [1.82, 2.24) is 15.2 Å². The highest BCUT2D eigenvalue weighted by Gasteiger charge is 2.27. The molecule has 10 heteroatoms. The Balaban J connectivity index is 1.57. The third kappa shape index (κ3) is 6.38. The third-order valence-corrected chi connectivity index (χ3v) is 8.31. The fourth-order valence-electron chi connectivity index (χ4n) is 3.96. The molecule has 3 aromatic carbocycles. The van der Waals surface area contributed by atoms with E-state index in [2.05, 4.69) is 29.5 Å². The number of nitrogens with one attached hydrogen (secondary N) is 1. The number of sulfonamides is 1. The Morgan fingerprint density at radius 3 is 2.28 bits per heavy atom. The van der Waals surface area contributed by atoms with Gasteiger partial charge < -0.3 is 0 Å². The highest BCUT2D eigenvalue weighted by Crippen LogP contribution is 2.26. The van der Waals surface area contributed by atoms with Crippen molar-refractivity contribution in [3.63, 3.8) is 0 Å². The lowest BCUT2D eigenvalue weighted by atomic mass is 10.0. The van der Waals surface area contributed by atoms with Gasteiger partial charge in [0, 0.05) is 0 Å². The van der Waals surface area contributed by atoms with Crippen LogP contribution in [0.4, 0.5) is 5.69 Å². The molecule has 4 rings (SSSR count). The number of rotatable bonds is 9. The highest BCUT2D eigenvalue weighted by molar-refractivity contribution is 7.92. The summed E-state index contributed by atoms with van der Waals surface area (Å²) in [5, 5.41) is 8.61. The van der Waals surface area contributed by atoms with E-state index in [0.717, 1.165) is 26.8 Å². The van der Waals surface area contributed by atoms with E-state index in [1.807, 2.05) is 56.3 Å². The number of aromatic nitrogens is 2. The molecular formula is C29H30ClN5O3S. The topological polar surface area (TPSA) is 96.7 Å². The maximum atomic E-state index is 13.6. The molecule has 0 radical (unpaired) electrons. The molecule has 0 saturated heterocycles. The van der Waals surface area contributed by atoms with Gasteiger partial charge in [0.15, 0.2) is 5.15 Å². The van der Waals surface area contributed by atoms with Gasteiger partial charge in [0.2, 0.25) is 0 Å². The van der Waals surface area contributed by atoms with Crippen LogP contribution in [0.2, 0.25) is 5.15 Å². The predicted molar refractivity (Wildman–Crippen MR) is 155 cm³/mol. The van der Waals surface area contributed by atoms with Gasteiger partial charge in [-0.15, -0.1) is 0 Å². The number of hydrogen-bond donors (Lipinski definition) is 1. The molecule has 0 aliphatic heterocycles. The predicted octanol–water partition coefficient (Wildman–Crippen LogP) is 5.61. The maximum Gasteiger partial charge on any atom is 0.264 e. The number of amides is 1. The Bertz CT molecular complexity index is 1580. The van der Waals surface area contributed by atoms with Crippen molar-refractivity contribution in [3.8, 4) is 5.69 Å². The van der Waals surface area contributed by atoms with Gasteiger partial charge in [-0.1, -0.05) is 73.5 Å². The second kappa shape index (κ2) is 11.8. The number of nitrogens with zero attached hydrogens (tertiary/aromatic N) is 4. The first-order valence-electron chi connectivity index (χ1n) is 12.4. The third-order valence-electron chi connectivity index (χ3n) is 6.25. The van der Waals surface area contributed by atoms with Crippen LogP contribution in [0.3, 0.4) is 0 Å². The molecule has 0 atom stereocenters. The van der Waals surface area contributed by atoms with E-state index in [1.54, 1.807) is 28.9 Å². The maximum absolute atomic E-state index is 13.6. The molecule has 1 heterocycles. The number of hydrogen-bond acceptors (Lipinski definition) is 5. The number of anilines is 1. The van der Waals surface area contributed by atoms with Crippen molar-refractivity contribution >= 4 is 39.4 Å². The van der Waals surface area contributed by atoms with Crippen molar-refractivity contribution in [1.29, 1.82) is 0 Å². The van der Waals surface area contributed by atoms with Gasteiger partial charge in [-0.2, -0.15) is 10.2 Å². The number of benzene rings is 3. The smallest absolute Gasteiger partial charge is 0.264 e. The van der Waals surface area contributed by atoms with Gasteiger partial charge in [-0.3, -0.25) is 9.10 Å². The van der Waals surface area contributed by atoms with E-state index in [-0.39, 0.29) is 16.0 Å². The zero-order chi connectivity index (χ0) is 28.2. The number of aryl methyl sites for hydroxylation is 1. The molecule has 1 aromatic heterocycles. The Hall–Kier alpha value is -3.95. The van der Waals surface area contributed by atoms with E-state index in [1.165, 1.54) is 18.3 Å². The lowest BCUT2D eigenvalue weighted by molar-refractivity contribution is -0.119. The van der Waals surface area contributed by atoms with Crippen LogP contribution in [-0.4, -0.2) is 36.9 Å². The van der Waals surface area contributed by atoms with Crippen molar-refractivity contribution in [3.05, 3.63) is 106 Å². The minimum absolute atomic E-state index is 0.0908. The van der Waals surface area contributed by atoms with Crippen LogP contribution >= 0.6 is 11.6 Å². The quantitative estimate of drug-likeness (QED) is 0.211. The summed E-state index contributed by atoms with van der Waals surface area (Å²) in [5.74, 6) is -0.334. The Labute approximate surface area is 234 Å². The number of hydrazone groups is 1. The summed E-state index contributed by atoms with van der Waals surface area (Å²) in [6.07, 6.45) is 1.40. The summed E-state index contributed by atoms with van der Waals surface area (Å²) >= 11 is 6.33. The second-order valence-electron chi connectivity index (χ2n) is 9.40. The summed E-state index contributed by atoms with van der Waals surface area (Å²) in [6, 6.07) is 23.1. The zero-order valence-corrected chi connectivity index (χ0v) is 23.7. The largest absolute Gasteiger partial charge is 0.271 e. The van der Waals surface area contributed by atoms with E-state index in [4.69, 9.17) is 11.6 Å². The Kier molecular flexibility index (Phi) is 8.52. The molecule has 0 aliphatic carbocycles. The standard InChI is InChI=1S/C29H30ClN5O3S/c1-20(2)23-12-14-24(15-13-23)34(39(37,38)26-16-10-21(3)11-17-26)19-28(36)32-31-18-27-22(4)35(33-29(27)30)25-8-6-5-7-9-25/h5-18,20H,19H2,1-4H3,(H,32,36)/b31-18-. The van der Waals surface area contributed by atoms with Gasteiger partial charge in [-0.25, -0.2) is 18.5 Å². The molecule has 202 valence electrons. The van der Waals surface area contributed by atoms with Crippen LogP contribution in [0.1, 0.15) is 42.1 Å². The Morgan fingerprint density at radius 1 is 1.03 bits per heavy atom. The summed E-state index contributed by atoms with van der Waals surface area (Å²) in [4.78, 5) is 13.0. The summed E-state index contributed by atoms with van der Waals surface area (Å²) < 4.78 is 30.0. The number of carbonyl (C=O) groups is 1. The molecule has 0 aliphatic rings. The summed E-state index contributed by atoms with van der Waals surface area (Å²) in [7, 11) is -4.03.